The number of alkyl halides is 3. The second kappa shape index (κ2) is 7.65. The number of halogens is 3. The minimum absolute atomic E-state index is 0.0162. The smallest absolute Gasteiger partial charge is 0.383 e. The fourth-order valence-corrected chi connectivity index (χ4v) is 2.56. The zero-order valence-corrected chi connectivity index (χ0v) is 13.2. The van der Waals surface area contributed by atoms with E-state index in [0.717, 1.165) is 0 Å². The Kier molecular flexibility index (Phi) is 5.81. The number of imidazole rings is 1. The first kappa shape index (κ1) is 18.2. The van der Waals surface area contributed by atoms with Gasteiger partial charge in [-0.3, -0.25) is 9.59 Å². The molecule has 2 amide bonds. The highest BCUT2D eigenvalue weighted by atomic mass is 19.4. The maximum Gasteiger partial charge on any atom is 0.405 e. The number of hydrogen-bond acceptors (Lipinski definition) is 4. The Hall–Kier alpha value is -2.10. The number of methoxy groups -OCH3 is 1. The number of nitrogens with one attached hydrogen (secondary N) is 2. The summed E-state index contributed by atoms with van der Waals surface area (Å²) in [5.41, 5.74) is 0.535. The summed E-state index contributed by atoms with van der Waals surface area (Å²) in [7, 11) is 1.54. The molecule has 1 aromatic rings. The molecule has 0 bridgehead atoms. The van der Waals surface area contributed by atoms with E-state index in [9.17, 15) is 22.8 Å². The summed E-state index contributed by atoms with van der Waals surface area (Å²) in [6, 6.07) is 0. The van der Waals surface area contributed by atoms with Crippen LogP contribution in [0.5, 0.6) is 0 Å². The number of nitrogens with zero attached hydrogens (tertiary/aromatic N) is 2. The molecule has 0 radical (unpaired) electrons. The van der Waals surface area contributed by atoms with Crippen molar-refractivity contribution in [3.63, 3.8) is 0 Å². The molecule has 2 N–H and O–H groups in total. The van der Waals surface area contributed by atoms with Gasteiger partial charge in [-0.1, -0.05) is 0 Å². The first-order valence-electron chi connectivity index (χ1n) is 7.47. The predicted molar refractivity (Wildman–Crippen MR) is 77.3 cm³/mol. The summed E-state index contributed by atoms with van der Waals surface area (Å²) in [5.74, 6) is -1.24. The van der Waals surface area contributed by atoms with Crippen LogP contribution in [-0.2, 0) is 22.5 Å². The van der Waals surface area contributed by atoms with Crippen molar-refractivity contribution >= 4 is 11.8 Å². The Balaban J connectivity index is 1.96. The summed E-state index contributed by atoms with van der Waals surface area (Å²) < 4.78 is 43.0. The predicted octanol–water partition coefficient (Wildman–Crippen LogP) is 0.500. The van der Waals surface area contributed by atoms with Crippen molar-refractivity contribution in [2.24, 2.45) is 5.92 Å². The first-order valence-corrected chi connectivity index (χ1v) is 7.47. The lowest BCUT2D eigenvalue weighted by Gasteiger charge is -2.24. The molecule has 2 heterocycles. The number of carbonyl (C=O) groups excluding carboxylic acids is 2. The highest BCUT2D eigenvalue weighted by Gasteiger charge is 2.31. The van der Waals surface area contributed by atoms with Crippen molar-refractivity contribution in [1.82, 2.24) is 20.2 Å². The fourth-order valence-electron chi connectivity index (χ4n) is 2.56. The summed E-state index contributed by atoms with van der Waals surface area (Å²) in [6.45, 7) is -0.234. The average Bonchev–Trinajstić information content (AvgIpc) is 2.95. The van der Waals surface area contributed by atoms with Gasteiger partial charge in [-0.25, -0.2) is 4.98 Å². The minimum Gasteiger partial charge on any atom is -0.383 e. The molecule has 24 heavy (non-hydrogen) atoms. The Morgan fingerprint density at radius 3 is 2.83 bits per heavy atom. The molecule has 1 aromatic heterocycles. The third kappa shape index (κ3) is 4.70. The molecule has 0 saturated heterocycles. The fraction of sp³-hybridized carbons (Fsp3) is 0.643. The third-order valence-corrected chi connectivity index (χ3v) is 3.73. The summed E-state index contributed by atoms with van der Waals surface area (Å²) in [5, 5.41) is 4.56. The van der Waals surface area contributed by atoms with E-state index in [-0.39, 0.29) is 17.5 Å². The van der Waals surface area contributed by atoms with Crippen LogP contribution in [-0.4, -0.2) is 54.3 Å². The molecule has 7 nitrogen and oxygen atoms in total. The summed E-state index contributed by atoms with van der Waals surface area (Å²) >= 11 is 0. The summed E-state index contributed by atoms with van der Waals surface area (Å²) in [6.07, 6.45) is -2.19. The van der Waals surface area contributed by atoms with Crippen LogP contribution in [0.15, 0.2) is 6.33 Å². The Bertz CT molecular complexity index is 601. The molecular weight excluding hydrogens is 329 g/mol. The van der Waals surface area contributed by atoms with Gasteiger partial charge in [0.2, 0.25) is 5.91 Å². The highest BCUT2D eigenvalue weighted by Crippen LogP contribution is 2.23. The molecule has 0 aliphatic carbocycles. The van der Waals surface area contributed by atoms with Crippen molar-refractivity contribution in [3.8, 4) is 0 Å². The SMILES string of the molecule is COCCNC(=O)C1CCc2c(C(=O)NCC(F)(F)F)ncn2C1. The molecule has 1 aliphatic heterocycles. The molecule has 0 aromatic carbocycles. The van der Waals surface area contributed by atoms with Gasteiger partial charge < -0.3 is 19.9 Å². The molecule has 134 valence electrons. The molecule has 10 heteroatoms. The van der Waals surface area contributed by atoms with Crippen molar-refractivity contribution in [1.29, 1.82) is 0 Å². The topological polar surface area (TPSA) is 85.2 Å². The number of aromatic nitrogens is 2. The van der Waals surface area contributed by atoms with Gasteiger partial charge in [0.15, 0.2) is 0 Å². The molecule has 1 aliphatic rings. The van der Waals surface area contributed by atoms with E-state index >= 15 is 0 Å². The van der Waals surface area contributed by atoms with E-state index in [4.69, 9.17) is 4.74 Å². The minimum atomic E-state index is -4.47. The number of amides is 2. The largest absolute Gasteiger partial charge is 0.405 e. The molecule has 1 unspecified atom stereocenters. The molecule has 1 atom stereocenters. The van der Waals surface area contributed by atoms with E-state index in [1.807, 2.05) is 5.32 Å². The lowest BCUT2D eigenvalue weighted by Crippen LogP contribution is -2.38. The monoisotopic (exact) mass is 348 g/mol. The normalized spacial score (nSPS) is 17.2. The van der Waals surface area contributed by atoms with E-state index < -0.39 is 18.6 Å². The van der Waals surface area contributed by atoms with Crippen LogP contribution in [0.25, 0.3) is 0 Å². The van der Waals surface area contributed by atoms with Crippen LogP contribution >= 0.6 is 0 Å². The van der Waals surface area contributed by atoms with Crippen LogP contribution in [0.1, 0.15) is 22.6 Å². The molecular formula is C14H19F3N4O3. The van der Waals surface area contributed by atoms with Gasteiger partial charge in [0, 0.05) is 20.2 Å². The molecule has 0 fully saturated rings. The molecule has 2 rings (SSSR count). The number of carbonyl (C=O) groups is 2. The van der Waals surface area contributed by atoms with Gasteiger partial charge in [0.05, 0.1) is 24.5 Å². The first-order chi connectivity index (χ1) is 11.3. The van der Waals surface area contributed by atoms with Gasteiger partial charge >= 0.3 is 6.18 Å². The highest BCUT2D eigenvalue weighted by molar-refractivity contribution is 5.93. The average molecular weight is 348 g/mol. The number of rotatable bonds is 6. The second-order valence-corrected chi connectivity index (χ2v) is 5.51. The van der Waals surface area contributed by atoms with E-state index in [0.29, 0.717) is 38.2 Å². The van der Waals surface area contributed by atoms with Crippen LogP contribution in [0, 0.1) is 5.92 Å². The number of fused-ring (bicyclic) bond motifs is 1. The van der Waals surface area contributed by atoms with Crippen LogP contribution in [0.2, 0.25) is 0 Å². The van der Waals surface area contributed by atoms with Crippen molar-refractivity contribution in [3.05, 3.63) is 17.7 Å². The Morgan fingerprint density at radius 1 is 1.42 bits per heavy atom. The number of hydrogen-bond donors (Lipinski definition) is 2. The molecule has 0 saturated carbocycles. The van der Waals surface area contributed by atoms with Gasteiger partial charge in [-0.15, -0.1) is 0 Å². The van der Waals surface area contributed by atoms with Crippen molar-refractivity contribution in [2.45, 2.75) is 25.6 Å². The molecule has 0 spiro atoms. The van der Waals surface area contributed by atoms with Crippen LogP contribution in [0.4, 0.5) is 13.2 Å². The van der Waals surface area contributed by atoms with Gasteiger partial charge in [-0.2, -0.15) is 13.2 Å². The van der Waals surface area contributed by atoms with Crippen molar-refractivity contribution < 1.29 is 27.5 Å². The Morgan fingerprint density at radius 2 is 2.17 bits per heavy atom. The zero-order valence-electron chi connectivity index (χ0n) is 13.2. The number of ether oxygens (including phenoxy) is 1. The van der Waals surface area contributed by atoms with E-state index in [1.165, 1.54) is 13.4 Å². The maximum absolute atomic E-state index is 12.2. The lowest BCUT2D eigenvalue weighted by atomic mass is 9.96. The second-order valence-electron chi connectivity index (χ2n) is 5.51. The lowest BCUT2D eigenvalue weighted by molar-refractivity contribution is -0.126. The van der Waals surface area contributed by atoms with Gasteiger partial charge in [0.1, 0.15) is 12.2 Å². The van der Waals surface area contributed by atoms with Crippen LogP contribution < -0.4 is 10.6 Å². The maximum atomic E-state index is 12.2. The van der Waals surface area contributed by atoms with E-state index in [1.54, 1.807) is 4.57 Å². The zero-order chi connectivity index (χ0) is 17.7. The van der Waals surface area contributed by atoms with Crippen LogP contribution in [0.3, 0.4) is 0 Å². The van der Waals surface area contributed by atoms with Gasteiger partial charge in [-0.05, 0) is 12.8 Å². The van der Waals surface area contributed by atoms with E-state index in [2.05, 4.69) is 10.3 Å². The summed E-state index contributed by atoms with van der Waals surface area (Å²) in [4.78, 5) is 27.8. The Labute approximate surface area is 136 Å². The standard InChI is InChI=1S/C14H19F3N4O3/c1-24-5-4-18-12(22)9-2-3-10-11(20-8-21(10)6-9)13(23)19-7-14(15,16)17/h8-9H,2-7H2,1H3,(H,18,22)(H,19,23). The third-order valence-electron chi connectivity index (χ3n) is 3.73. The van der Waals surface area contributed by atoms with Crippen molar-refractivity contribution in [2.75, 3.05) is 26.8 Å². The van der Waals surface area contributed by atoms with Gasteiger partial charge in [0.25, 0.3) is 5.91 Å². The quantitative estimate of drug-likeness (QED) is 0.733.